The Kier molecular flexibility index (Phi) is 7.61. The van der Waals surface area contributed by atoms with Crippen molar-refractivity contribution in [3.05, 3.63) is 66.0 Å². The van der Waals surface area contributed by atoms with E-state index in [1.165, 1.54) is 24.8 Å². The van der Waals surface area contributed by atoms with Crippen molar-refractivity contribution in [2.45, 2.75) is 44.8 Å². The summed E-state index contributed by atoms with van der Waals surface area (Å²) in [7, 11) is 1.90. The third-order valence-electron chi connectivity index (χ3n) is 5.27. The summed E-state index contributed by atoms with van der Waals surface area (Å²) in [5, 5.41) is 0. The van der Waals surface area contributed by atoms with Crippen LogP contribution >= 0.6 is 12.4 Å². The first-order valence-electron chi connectivity index (χ1n) is 9.13. The van der Waals surface area contributed by atoms with Crippen LogP contribution in [-0.4, -0.2) is 46.5 Å². The summed E-state index contributed by atoms with van der Waals surface area (Å²) >= 11 is 0. The molecule has 2 unspecified atom stereocenters. The molecule has 2 aromatic rings. The number of pyridine rings is 1. The monoisotopic (exact) mass is 373 g/mol. The van der Waals surface area contributed by atoms with Crippen LogP contribution in [0.2, 0.25) is 0 Å². The molecule has 2 atom stereocenters. The second kappa shape index (κ2) is 9.70. The molecule has 1 aliphatic heterocycles. The average molecular weight is 374 g/mol. The van der Waals surface area contributed by atoms with Crippen LogP contribution in [0.25, 0.3) is 0 Å². The van der Waals surface area contributed by atoms with E-state index in [2.05, 4.69) is 47.1 Å². The van der Waals surface area contributed by atoms with Crippen molar-refractivity contribution in [1.82, 2.24) is 14.8 Å². The fourth-order valence-electron chi connectivity index (χ4n) is 3.71. The lowest BCUT2D eigenvalue weighted by Crippen LogP contribution is -2.54. The van der Waals surface area contributed by atoms with Gasteiger partial charge >= 0.3 is 0 Å². The Morgan fingerprint density at radius 1 is 1.19 bits per heavy atom. The highest BCUT2D eigenvalue weighted by atomic mass is 35.5. The number of rotatable bonds is 5. The first kappa shape index (κ1) is 20.4. The molecule has 5 heteroatoms. The van der Waals surface area contributed by atoms with Crippen molar-refractivity contribution in [1.29, 1.82) is 0 Å². The summed E-state index contributed by atoms with van der Waals surface area (Å²) < 4.78 is 0. The van der Waals surface area contributed by atoms with E-state index in [-0.39, 0.29) is 24.5 Å². The lowest BCUT2D eigenvalue weighted by atomic mass is 9.95. The van der Waals surface area contributed by atoms with Crippen molar-refractivity contribution in [3.63, 3.8) is 0 Å². The van der Waals surface area contributed by atoms with E-state index >= 15 is 0 Å². The van der Waals surface area contributed by atoms with Crippen LogP contribution in [0.5, 0.6) is 0 Å². The van der Waals surface area contributed by atoms with Gasteiger partial charge in [-0.1, -0.05) is 36.8 Å². The Morgan fingerprint density at radius 3 is 2.58 bits per heavy atom. The van der Waals surface area contributed by atoms with E-state index < -0.39 is 0 Å². The van der Waals surface area contributed by atoms with Gasteiger partial charge in [0.25, 0.3) is 5.91 Å². The van der Waals surface area contributed by atoms with Gasteiger partial charge in [0.1, 0.15) is 0 Å². The predicted molar refractivity (Wildman–Crippen MR) is 108 cm³/mol. The maximum Gasteiger partial charge on any atom is 0.254 e. The molecule has 1 amide bonds. The van der Waals surface area contributed by atoms with E-state index in [4.69, 9.17) is 0 Å². The predicted octanol–water partition coefficient (Wildman–Crippen LogP) is 4.02. The molecule has 1 aromatic heterocycles. The zero-order chi connectivity index (χ0) is 17.6. The number of amides is 1. The number of aromatic nitrogens is 1. The average Bonchev–Trinajstić information content (AvgIpc) is 2.68. The molecule has 0 radical (unpaired) electrons. The SMILES string of the molecule is CC(N(C)C(=O)c1ccncc1)N1CCCCC1Cc1ccccc1.Cl. The Bertz CT molecular complexity index is 680. The zero-order valence-electron chi connectivity index (χ0n) is 15.5. The van der Waals surface area contributed by atoms with Gasteiger partial charge in [0, 0.05) is 37.6 Å². The Labute approximate surface area is 162 Å². The summed E-state index contributed by atoms with van der Waals surface area (Å²) in [6.07, 6.45) is 8.12. The lowest BCUT2D eigenvalue weighted by Gasteiger charge is -2.43. The van der Waals surface area contributed by atoms with Crippen LogP contribution in [0.3, 0.4) is 0 Å². The van der Waals surface area contributed by atoms with Crippen molar-refractivity contribution in [3.8, 4) is 0 Å². The molecule has 1 saturated heterocycles. The molecule has 1 aromatic carbocycles. The molecule has 0 saturated carbocycles. The number of halogens is 1. The van der Waals surface area contributed by atoms with Crippen LogP contribution < -0.4 is 0 Å². The van der Waals surface area contributed by atoms with Crippen LogP contribution in [0.4, 0.5) is 0 Å². The molecule has 0 N–H and O–H groups in total. The highest BCUT2D eigenvalue weighted by molar-refractivity contribution is 5.94. The van der Waals surface area contributed by atoms with E-state index in [1.54, 1.807) is 24.5 Å². The second-order valence-electron chi connectivity index (χ2n) is 6.86. The van der Waals surface area contributed by atoms with Crippen LogP contribution in [0.1, 0.15) is 42.1 Å². The van der Waals surface area contributed by atoms with Crippen LogP contribution in [-0.2, 0) is 6.42 Å². The summed E-state index contributed by atoms with van der Waals surface area (Å²) in [6.45, 7) is 3.19. The molecule has 0 spiro atoms. The van der Waals surface area contributed by atoms with Gasteiger partial charge in [0.15, 0.2) is 0 Å². The lowest BCUT2D eigenvalue weighted by molar-refractivity contribution is 0.0167. The standard InChI is InChI=1S/C21H27N3O.ClH/c1-17(23(2)21(25)19-11-13-22-14-12-19)24-15-7-6-10-20(24)16-18-8-4-3-5-9-18;/h3-5,8-9,11-14,17,20H,6-7,10,15-16H2,1-2H3;1H. The Morgan fingerprint density at radius 2 is 1.88 bits per heavy atom. The van der Waals surface area contributed by atoms with E-state index in [9.17, 15) is 4.79 Å². The van der Waals surface area contributed by atoms with Gasteiger partial charge < -0.3 is 4.90 Å². The van der Waals surface area contributed by atoms with E-state index in [0.29, 0.717) is 11.6 Å². The van der Waals surface area contributed by atoms with Gasteiger partial charge in [-0.25, -0.2) is 0 Å². The van der Waals surface area contributed by atoms with Crippen molar-refractivity contribution in [2.75, 3.05) is 13.6 Å². The zero-order valence-corrected chi connectivity index (χ0v) is 16.4. The minimum Gasteiger partial charge on any atom is -0.326 e. The van der Waals surface area contributed by atoms with Crippen LogP contribution in [0, 0.1) is 0 Å². The molecule has 2 heterocycles. The molecule has 26 heavy (non-hydrogen) atoms. The topological polar surface area (TPSA) is 36.4 Å². The maximum absolute atomic E-state index is 12.8. The number of piperidine rings is 1. The molecule has 1 aliphatic rings. The summed E-state index contributed by atoms with van der Waals surface area (Å²) in [6, 6.07) is 14.7. The third-order valence-corrected chi connectivity index (χ3v) is 5.27. The molecular weight excluding hydrogens is 346 g/mol. The highest BCUT2D eigenvalue weighted by Gasteiger charge is 2.30. The minimum absolute atomic E-state index is 0. The molecular formula is C21H28ClN3O. The number of hydrogen-bond acceptors (Lipinski definition) is 3. The smallest absolute Gasteiger partial charge is 0.254 e. The van der Waals surface area contributed by atoms with Crippen molar-refractivity contribution >= 4 is 18.3 Å². The summed E-state index contributed by atoms with van der Waals surface area (Å²) in [5.41, 5.74) is 2.07. The summed E-state index contributed by atoms with van der Waals surface area (Å²) in [5.74, 6) is 0.0546. The fraction of sp³-hybridized carbons (Fsp3) is 0.429. The third kappa shape index (κ3) is 4.83. The highest BCUT2D eigenvalue weighted by Crippen LogP contribution is 2.24. The number of likely N-dealkylation sites (tertiary alicyclic amines) is 1. The van der Waals surface area contributed by atoms with Crippen molar-refractivity contribution in [2.24, 2.45) is 0 Å². The first-order valence-corrected chi connectivity index (χ1v) is 9.13. The van der Waals surface area contributed by atoms with Crippen molar-refractivity contribution < 1.29 is 4.79 Å². The molecule has 1 fully saturated rings. The number of carbonyl (C=O) groups is 1. The van der Waals surface area contributed by atoms with Gasteiger partial charge in [0.2, 0.25) is 0 Å². The number of carbonyl (C=O) groups excluding carboxylic acids is 1. The molecule has 0 aliphatic carbocycles. The van der Waals surface area contributed by atoms with E-state index in [1.807, 2.05) is 11.9 Å². The fourth-order valence-corrected chi connectivity index (χ4v) is 3.71. The Hall–Kier alpha value is -1.91. The summed E-state index contributed by atoms with van der Waals surface area (Å²) in [4.78, 5) is 21.1. The first-order chi connectivity index (χ1) is 12.2. The van der Waals surface area contributed by atoms with Crippen LogP contribution in [0.15, 0.2) is 54.9 Å². The minimum atomic E-state index is 0. The van der Waals surface area contributed by atoms with Gasteiger partial charge in [-0.2, -0.15) is 0 Å². The number of nitrogens with zero attached hydrogens (tertiary/aromatic N) is 3. The Balaban J connectivity index is 0.00000243. The van der Waals surface area contributed by atoms with Gasteiger partial charge in [-0.3, -0.25) is 14.7 Å². The number of benzene rings is 1. The molecule has 0 bridgehead atoms. The molecule has 3 rings (SSSR count). The number of hydrogen-bond donors (Lipinski definition) is 0. The van der Waals surface area contributed by atoms with Gasteiger partial charge in [-0.15, -0.1) is 12.4 Å². The maximum atomic E-state index is 12.8. The quantitative estimate of drug-likeness (QED) is 0.794. The normalized spacial score (nSPS) is 18.6. The van der Waals surface area contributed by atoms with E-state index in [0.717, 1.165) is 13.0 Å². The van der Waals surface area contributed by atoms with Gasteiger partial charge in [0.05, 0.1) is 6.17 Å². The molecule has 140 valence electrons. The molecule has 4 nitrogen and oxygen atoms in total. The van der Waals surface area contributed by atoms with Gasteiger partial charge in [-0.05, 0) is 43.9 Å². The second-order valence-corrected chi connectivity index (χ2v) is 6.86. The largest absolute Gasteiger partial charge is 0.326 e.